The van der Waals surface area contributed by atoms with E-state index in [0.717, 1.165) is 22.9 Å². The van der Waals surface area contributed by atoms with Crippen LogP contribution in [0.25, 0.3) is 0 Å². The van der Waals surface area contributed by atoms with Gasteiger partial charge in [0.05, 0.1) is 12.1 Å². The molecule has 7 heteroatoms. The van der Waals surface area contributed by atoms with Crippen molar-refractivity contribution in [3.05, 3.63) is 58.9 Å². The van der Waals surface area contributed by atoms with E-state index < -0.39 is 12.4 Å². The van der Waals surface area contributed by atoms with Crippen molar-refractivity contribution in [3.63, 3.8) is 0 Å². The van der Waals surface area contributed by atoms with E-state index in [0.29, 0.717) is 0 Å². The van der Waals surface area contributed by atoms with Crippen LogP contribution in [0.3, 0.4) is 0 Å². The minimum atomic E-state index is -3.04. The smallest absolute Gasteiger partial charge is 0.387 e. The maximum atomic E-state index is 13.8. The van der Waals surface area contributed by atoms with E-state index in [1.807, 2.05) is 32.0 Å². The van der Waals surface area contributed by atoms with Gasteiger partial charge in [-0.3, -0.25) is 0 Å². The Bertz CT molecular complexity index is 748. The van der Waals surface area contributed by atoms with Gasteiger partial charge in [-0.15, -0.1) is 0 Å². The van der Waals surface area contributed by atoms with Crippen molar-refractivity contribution in [3.8, 4) is 5.75 Å². The molecular formula is C17H18F3N3O. The molecule has 3 N–H and O–H groups in total. The Balaban J connectivity index is 2.13. The lowest BCUT2D eigenvalue weighted by atomic mass is 10.1. The Kier molecular flexibility index (Phi) is 5.68. The Labute approximate surface area is 138 Å². The fourth-order valence-corrected chi connectivity index (χ4v) is 2.07. The van der Waals surface area contributed by atoms with E-state index >= 15 is 0 Å². The highest BCUT2D eigenvalue weighted by Crippen LogP contribution is 2.24. The molecule has 0 bridgehead atoms. The second-order valence-corrected chi connectivity index (χ2v) is 5.22. The molecule has 0 saturated heterocycles. The molecule has 0 aliphatic rings. The first-order valence-electron chi connectivity index (χ1n) is 7.23. The first-order chi connectivity index (χ1) is 11.4. The summed E-state index contributed by atoms with van der Waals surface area (Å²) in [4.78, 5) is 3.99. The molecule has 2 aromatic carbocycles. The van der Waals surface area contributed by atoms with Gasteiger partial charge >= 0.3 is 6.61 Å². The number of anilines is 1. The lowest BCUT2D eigenvalue weighted by Crippen LogP contribution is -2.22. The molecule has 0 aliphatic heterocycles. The van der Waals surface area contributed by atoms with Gasteiger partial charge in [-0.05, 0) is 49.2 Å². The zero-order valence-corrected chi connectivity index (χ0v) is 13.3. The monoisotopic (exact) mass is 337 g/mol. The zero-order chi connectivity index (χ0) is 17.7. The van der Waals surface area contributed by atoms with Gasteiger partial charge in [0.2, 0.25) is 0 Å². The highest BCUT2D eigenvalue weighted by molar-refractivity contribution is 5.92. The summed E-state index contributed by atoms with van der Waals surface area (Å²) in [6, 6.07) is 9.35. The van der Waals surface area contributed by atoms with Crippen molar-refractivity contribution in [2.75, 3.05) is 5.32 Å². The Morgan fingerprint density at radius 2 is 1.96 bits per heavy atom. The number of rotatable bonds is 5. The SMILES string of the molecule is Cc1ccc(NC(N)=NCc2c(F)cccc2OC(F)F)cc1C. The zero-order valence-electron chi connectivity index (χ0n) is 13.3. The number of guanidine groups is 1. The first-order valence-corrected chi connectivity index (χ1v) is 7.23. The normalized spacial score (nSPS) is 11.7. The van der Waals surface area contributed by atoms with E-state index in [1.54, 1.807) is 0 Å². The number of nitrogens with zero attached hydrogens (tertiary/aromatic N) is 1. The van der Waals surface area contributed by atoms with Crippen LogP contribution < -0.4 is 15.8 Å². The molecule has 0 aliphatic carbocycles. The number of hydrogen-bond donors (Lipinski definition) is 2. The molecule has 0 unspecified atom stereocenters. The number of aliphatic imine (C=N–C) groups is 1. The van der Waals surface area contributed by atoms with E-state index in [-0.39, 0.29) is 23.8 Å². The molecule has 128 valence electrons. The molecule has 2 aromatic rings. The molecule has 0 amide bonds. The molecule has 0 radical (unpaired) electrons. The third kappa shape index (κ3) is 4.65. The number of nitrogens with two attached hydrogens (primary N) is 1. The van der Waals surface area contributed by atoms with Crippen molar-refractivity contribution in [2.24, 2.45) is 10.7 Å². The van der Waals surface area contributed by atoms with Gasteiger partial charge in [0, 0.05) is 5.69 Å². The molecule has 0 saturated carbocycles. The maximum Gasteiger partial charge on any atom is 0.387 e. The quantitative estimate of drug-likeness (QED) is 0.641. The summed E-state index contributed by atoms with van der Waals surface area (Å²) in [6.45, 7) is 0.680. The second-order valence-electron chi connectivity index (χ2n) is 5.22. The van der Waals surface area contributed by atoms with Crippen LogP contribution in [0.15, 0.2) is 41.4 Å². The number of alkyl halides is 2. The number of halogens is 3. The predicted molar refractivity (Wildman–Crippen MR) is 87.9 cm³/mol. The molecule has 0 aromatic heterocycles. The van der Waals surface area contributed by atoms with Gasteiger partial charge in [-0.2, -0.15) is 8.78 Å². The molecule has 0 heterocycles. The number of hydrogen-bond acceptors (Lipinski definition) is 2. The molecule has 24 heavy (non-hydrogen) atoms. The van der Waals surface area contributed by atoms with Gasteiger partial charge in [0.25, 0.3) is 0 Å². The topological polar surface area (TPSA) is 59.6 Å². The molecule has 4 nitrogen and oxygen atoms in total. The van der Waals surface area contributed by atoms with Crippen LogP contribution in [0.1, 0.15) is 16.7 Å². The van der Waals surface area contributed by atoms with Crippen LogP contribution in [0.2, 0.25) is 0 Å². The average molecular weight is 337 g/mol. The highest BCUT2D eigenvalue weighted by atomic mass is 19.3. The van der Waals surface area contributed by atoms with Crippen molar-refractivity contribution in [1.29, 1.82) is 0 Å². The Hall–Kier alpha value is -2.70. The largest absolute Gasteiger partial charge is 0.434 e. The molecule has 2 rings (SSSR count). The van der Waals surface area contributed by atoms with Crippen LogP contribution in [0.4, 0.5) is 18.9 Å². The summed E-state index contributed by atoms with van der Waals surface area (Å²) in [7, 11) is 0. The second kappa shape index (κ2) is 7.72. The summed E-state index contributed by atoms with van der Waals surface area (Å²) in [5.41, 5.74) is 8.64. The number of benzene rings is 2. The lowest BCUT2D eigenvalue weighted by molar-refractivity contribution is -0.0506. The van der Waals surface area contributed by atoms with E-state index in [9.17, 15) is 13.2 Å². The third-order valence-corrected chi connectivity index (χ3v) is 3.48. The molecule has 0 fully saturated rings. The van der Waals surface area contributed by atoms with Crippen LogP contribution in [-0.4, -0.2) is 12.6 Å². The number of ether oxygens (including phenoxy) is 1. The predicted octanol–water partition coefficient (Wildman–Crippen LogP) is 3.97. The fraction of sp³-hybridized carbons (Fsp3) is 0.235. The van der Waals surface area contributed by atoms with E-state index in [2.05, 4.69) is 15.0 Å². The van der Waals surface area contributed by atoms with Gasteiger partial charge in [-0.25, -0.2) is 9.38 Å². The summed E-state index contributed by atoms with van der Waals surface area (Å²) < 4.78 is 42.9. The number of nitrogens with one attached hydrogen (secondary N) is 1. The standard InChI is InChI=1S/C17H18F3N3O/c1-10-6-7-12(8-11(10)2)23-17(21)22-9-13-14(18)4-3-5-15(13)24-16(19)20/h3-8,16H,9H2,1-2H3,(H3,21,22,23). The maximum absolute atomic E-state index is 13.8. The number of aryl methyl sites for hydroxylation is 2. The summed E-state index contributed by atoms with van der Waals surface area (Å²) in [5.74, 6) is -0.895. The Morgan fingerprint density at radius 1 is 1.21 bits per heavy atom. The highest BCUT2D eigenvalue weighted by Gasteiger charge is 2.13. The van der Waals surface area contributed by atoms with Crippen molar-refractivity contribution in [1.82, 2.24) is 0 Å². The third-order valence-electron chi connectivity index (χ3n) is 3.48. The van der Waals surface area contributed by atoms with Crippen molar-refractivity contribution >= 4 is 11.6 Å². The van der Waals surface area contributed by atoms with Crippen LogP contribution in [0, 0.1) is 19.7 Å². The average Bonchev–Trinajstić information content (AvgIpc) is 2.50. The van der Waals surface area contributed by atoms with Gasteiger partial charge in [-0.1, -0.05) is 12.1 Å². The van der Waals surface area contributed by atoms with Gasteiger partial charge < -0.3 is 15.8 Å². The van der Waals surface area contributed by atoms with Gasteiger partial charge in [0.1, 0.15) is 11.6 Å². The van der Waals surface area contributed by atoms with Crippen molar-refractivity contribution in [2.45, 2.75) is 27.0 Å². The minimum absolute atomic E-state index is 0.0458. The van der Waals surface area contributed by atoms with E-state index in [1.165, 1.54) is 12.1 Å². The van der Waals surface area contributed by atoms with E-state index in [4.69, 9.17) is 5.73 Å². The van der Waals surface area contributed by atoms with Crippen LogP contribution >= 0.6 is 0 Å². The van der Waals surface area contributed by atoms with Gasteiger partial charge in [0.15, 0.2) is 5.96 Å². The fourth-order valence-electron chi connectivity index (χ4n) is 2.07. The Morgan fingerprint density at radius 3 is 2.62 bits per heavy atom. The summed E-state index contributed by atoms with van der Waals surface area (Å²) in [6.07, 6.45) is 0. The first kappa shape index (κ1) is 17.7. The summed E-state index contributed by atoms with van der Waals surface area (Å²) in [5, 5.41) is 2.88. The molecule has 0 spiro atoms. The minimum Gasteiger partial charge on any atom is -0.434 e. The van der Waals surface area contributed by atoms with Crippen LogP contribution in [0.5, 0.6) is 5.75 Å². The molecular weight excluding hydrogens is 319 g/mol. The lowest BCUT2D eigenvalue weighted by Gasteiger charge is -2.11. The molecule has 0 atom stereocenters. The summed E-state index contributed by atoms with van der Waals surface area (Å²) >= 11 is 0. The van der Waals surface area contributed by atoms with Crippen LogP contribution in [-0.2, 0) is 6.54 Å². The van der Waals surface area contributed by atoms with Crippen molar-refractivity contribution < 1.29 is 17.9 Å².